The third kappa shape index (κ3) is 3.21. The van der Waals surface area contributed by atoms with Crippen LogP contribution in [0.5, 0.6) is 0 Å². The summed E-state index contributed by atoms with van der Waals surface area (Å²) in [5, 5.41) is 0. The number of hydrogen-bond acceptors (Lipinski definition) is 2. The molecule has 2 aromatic rings. The van der Waals surface area contributed by atoms with Crippen molar-refractivity contribution in [2.75, 3.05) is 24.5 Å². The molecule has 0 unspecified atom stereocenters. The van der Waals surface area contributed by atoms with Crippen molar-refractivity contribution in [1.29, 1.82) is 0 Å². The molecule has 0 N–H and O–H groups in total. The van der Waals surface area contributed by atoms with Crippen molar-refractivity contribution < 1.29 is 4.79 Å². The number of amides is 1. The summed E-state index contributed by atoms with van der Waals surface area (Å²) in [7, 11) is 0. The van der Waals surface area contributed by atoms with Crippen molar-refractivity contribution in [1.82, 2.24) is 4.90 Å². The number of likely N-dealkylation sites (tertiary alicyclic amines) is 1. The van der Waals surface area contributed by atoms with Crippen LogP contribution in [0.3, 0.4) is 0 Å². The first-order chi connectivity index (χ1) is 12.2. The van der Waals surface area contributed by atoms with Crippen LogP contribution in [-0.2, 0) is 4.79 Å². The van der Waals surface area contributed by atoms with E-state index in [0.29, 0.717) is 0 Å². The minimum absolute atomic E-state index is 0.0711. The van der Waals surface area contributed by atoms with Gasteiger partial charge in [0.2, 0.25) is 5.91 Å². The fourth-order valence-corrected chi connectivity index (χ4v) is 4.17. The number of aryl methyl sites for hydroxylation is 1. The summed E-state index contributed by atoms with van der Waals surface area (Å²) < 4.78 is 0. The zero-order valence-electron chi connectivity index (χ0n) is 14.9. The van der Waals surface area contributed by atoms with Crippen LogP contribution in [0.4, 0.5) is 5.69 Å². The summed E-state index contributed by atoms with van der Waals surface area (Å²) in [6.45, 7) is 5.24. The Morgan fingerprint density at radius 1 is 0.920 bits per heavy atom. The third-order valence-electron chi connectivity index (χ3n) is 5.57. The van der Waals surface area contributed by atoms with E-state index in [1.807, 2.05) is 11.0 Å². The highest BCUT2D eigenvalue weighted by Gasteiger charge is 2.49. The molecule has 3 nitrogen and oxygen atoms in total. The average Bonchev–Trinajstić information content (AvgIpc) is 2.66. The van der Waals surface area contributed by atoms with Gasteiger partial charge in [0.15, 0.2) is 0 Å². The van der Waals surface area contributed by atoms with Crippen LogP contribution >= 0.6 is 0 Å². The molecule has 0 aliphatic carbocycles. The Hall–Kier alpha value is -2.13. The second kappa shape index (κ2) is 7.01. The van der Waals surface area contributed by atoms with Crippen molar-refractivity contribution in [2.24, 2.45) is 5.92 Å². The third-order valence-corrected chi connectivity index (χ3v) is 5.57. The van der Waals surface area contributed by atoms with Crippen molar-refractivity contribution in [2.45, 2.75) is 32.2 Å². The Labute approximate surface area is 150 Å². The summed E-state index contributed by atoms with van der Waals surface area (Å²) >= 11 is 0. The van der Waals surface area contributed by atoms with Gasteiger partial charge in [-0.25, -0.2) is 0 Å². The molecule has 2 fully saturated rings. The highest BCUT2D eigenvalue weighted by Crippen LogP contribution is 2.44. The van der Waals surface area contributed by atoms with Crippen LogP contribution in [0.2, 0.25) is 0 Å². The lowest BCUT2D eigenvalue weighted by Crippen LogP contribution is -2.59. The summed E-state index contributed by atoms with van der Waals surface area (Å²) in [4.78, 5) is 17.5. The first kappa shape index (κ1) is 16.3. The topological polar surface area (TPSA) is 23.6 Å². The van der Waals surface area contributed by atoms with E-state index in [0.717, 1.165) is 25.3 Å². The molecule has 0 saturated carbocycles. The van der Waals surface area contributed by atoms with E-state index in [1.165, 1.54) is 30.4 Å². The highest BCUT2D eigenvalue weighted by atomic mass is 16.2. The van der Waals surface area contributed by atoms with Crippen LogP contribution in [0.1, 0.15) is 36.4 Å². The van der Waals surface area contributed by atoms with E-state index in [4.69, 9.17) is 0 Å². The number of piperidine rings is 1. The van der Waals surface area contributed by atoms with Gasteiger partial charge in [0.25, 0.3) is 0 Å². The maximum absolute atomic E-state index is 13.0. The number of carbonyl (C=O) groups excluding carboxylic acids is 1. The van der Waals surface area contributed by atoms with Gasteiger partial charge < -0.3 is 9.80 Å². The molecule has 2 aromatic carbocycles. The van der Waals surface area contributed by atoms with Gasteiger partial charge in [0.05, 0.1) is 12.0 Å². The predicted molar refractivity (Wildman–Crippen MR) is 102 cm³/mol. The molecular formula is C22H26N2O. The van der Waals surface area contributed by atoms with Crippen LogP contribution in [-0.4, -0.2) is 30.4 Å². The summed E-state index contributed by atoms with van der Waals surface area (Å²) in [5.41, 5.74) is 3.47. The minimum atomic E-state index is 0.0711. The number of carbonyl (C=O) groups is 1. The summed E-state index contributed by atoms with van der Waals surface area (Å²) in [6, 6.07) is 19.0. The molecule has 0 bridgehead atoms. The van der Waals surface area contributed by atoms with Crippen molar-refractivity contribution in [3.05, 3.63) is 65.7 Å². The molecule has 2 atom stereocenters. The first-order valence-corrected chi connectivity index (χ1v) is 9.41. The lowest BCUT2D eigenvalue weighted by Gasteiger charge is -2.49. The number of benzene rings is 2. The Bertz CT molecular complexity index is 719. The number of β-lactam (4-membered cyclic amide) rings is 1. The van der Waals surface area contributed by atoms with E-state index in [-0.39, 0.29) is 17.9 Å². The molecule has 1 amide bonds. The van der Waals surface area contributed by atoms with Crippen LogP contribution in [0.25, 0.3) is 0 Å². The van der Waals surface area contributed by atoms with Crippen LogP contribution in [0.15, 0.2) is 54.6 Å². The first-order valence-electron chi connectivity index (χ1n) is 9.41. The second-order valence-electron chi connectivity index (χ2n) is 7.37. The lowest BCUT2D eigenvalue weighted by atomic mass is 9.81. The van der Waals surface area contributed by atoms with Gasteiger partial charge in [0, 0.05) is 12.2 Å². The molecule has 3 heteroatoms. The molecule has 2 aliphatic rings. The zero-order valence-corrected chi connectivity index (χ0v) is 14.9. The van der Waals surface area contributed by atoms with Gasteiger partial charge in [-0.2, -0.15) is 0 Å². The Morgan fingerprint density at radius 3 is 2.28 bits per heavy atom. The van der Waals surface area contributed by atoms with E-state index in [2.05, 4.69) is 60.4 Å². The molecule has 0 spiro atoms. The molecule has 2 aliphatic heterocycles. The number of rotatable bonds is 4. The quantitative estimate of drug-likeness (QED) is 0.783. The van der Waals surface area contributed by atoms with E-state index < -0.39 is 0 Å². The average molecular weight is 334 g/mol. The summed E-state index contributed by atoms with van der Waals surface area (Å²) in [5.74, 6) is 0.338. The number of hydrogen-bond donors (Lipinski definition) is 0. The molecule has 4 rings (SSSR count). The van der Waals surface area contributed by atoms with E-state index >= 15 is 0 Å². The van der Waals surface area contributed by atoms with Gasteiger partial charge in [-0.1, -0.05) is 54.4 Å². The van der Waals surface area contributed by atoms with Crippen molar-refractivity contribution >= 4 is 11.6 Å². The molecule has 2 heterocycles. The largest absolute Gasteiger partial charge is 0.304 e. The normalized spacial score (nSPS) is 24.2. The Balaban J connectivity index is 1.60. The van der Waals surface area contributed by atoms with Gasteiger partial charge in [-0.05, 0) is 50.6 Å². The highest BCUT2D eigenvalue weighted by molar-refractivity contribution is 6.03. The number of anilines is 1. The van der Waals surface area contributed by atoms with Crippen molar-refractivity contribution in [3.8, 4) is 0 Å². The molecule has 2 saturated heterocycles. The van der Waals surface area contributed by atoms with Crippen LogP contribution < -0.4 is 4.90 Å². The SMILES string of the molecule is Cc1ccc(N2C(=O)[C@H](CN3CCCCC3)[C@@H]2c2ccccc2)cc1. The van der Waals surface area contributed by atoms with Crippen LogP contribution in [0, 0.1) is 12.8 Å². The molecule has 130 valence electrons. The monoisotopic (exact) mass is 334 g/mol. The molecule has 25 heavy (non-hydrogen) atoms. The van der Waals surface area contributed by atoms with Gasteiger partial charge >= 0.3 is 0 Å². The number of nitrogens with zero attached hydrogens (tertiary/aromatic N) is 2. The van der Waals surface area contributed by atoms with Crippen molar-refractivity contribution in [3.63, 3.8) is 0 Å². The maximum atomic E-state index is 13.0. The molecular weight excluding hydrogens is 308 g/mol. The lowest BCUT2D eigenvalue weighted by molar-refractivity contribution is -0.131. The van der Waals surface area contributed by atoms with Gasteiger partial charge in [0.1, 0.15) is 0 Å². The van der Waals surface area contributed by atoms with Gasteiger partial charge in [-0.15, -0.1) is 0 Å². The zero-order chi connectivity index (χ0) is 17.2. The summed E-state index contributed by atoms with van der Waals surface area (Å²) in [6.07, 6.45) is 3.85. The Kier molecular flexibility index (Phi) is 4.58. The van der Waals surface area contributed by atoms with Gasteiger partial charge in [-0.3, -0.25) is 4.79 Å². The maximum Gasteiger partial charge on any atom is 0.234 e. The molecule has 0 aromatic heterocycles. The van der Waals surface area contributed by atoms with E-state index in [9.17, 15) is 4.79 Å². The Morgan fingerprint density at radius 2 is 1.60 bits per heavy atom. The fraction of sp³-hybridized carbons (Fsp3) is 0.409. The minimum Gasteiger partial charge on any atom is -0.304 e. The predicted octanol–water partition coefficient (Wildman–Crippen LogP) is 4.19. The van der Waals surface area contributed by atoms with E-state index in [1.54, 1.807) is 0 Å². The second-order valence-corrected chi connectivity index (χ2v) is 7.37. The fourth-order valence-electron chi connectivity index (χ4n) is 4.17. The standard InChI is InChI=1S/C22H26N2O/c1-17-10-12-19(13-11-17)24-21(18-8-4-2-5-9-18)20(22(24)25)16-23-14-6-3-7-15-23/h2,4-5,8-13,20-21H,3,6-7,14-16H2,1H3/t20-,21+/m1/s1. The smallest absolute Gasteiger partial charge is 0.234 e. The molecule has 0 radical (unpaired) electrons.